The molecule has 2 aromatic rings. The second-order valence-corrected chi connectivity index (χ2v) is 5.79. The summed E-state index contributed by atoms with van der Waals surface area (Å²) in [6.45, 7) is 0. The van der Waals surface area contributed by atoms with Crippen LogP contribution in [-0.2, 0) is 10.0 Å². The highest BCUT2D eigenvalue weighted by Gasteiger charge is 2.19. The minimum absolute atomic E-state index is 0.0600. The van der Waals surface area contributed by atoms with Gasteiger partial charge in [0.05, 0.1) is 7.11 Å². The summed E-state index contributed by atoms with van der Waals surface area (Å²) in [5.74, 6) is 0.559. The first-order chi connectivity index (χ1) is 8.53. The number of nitrogens with zero attached hydrogens (tertiary/aromatic N) is 1. The monoisotopic (exact) mass is 332 g/mol. The summed E-state index contributed by atoms with van der Waals surface area (Å²) in [4.78, 5) is 0.0600. The third-order valence-corrected chi connectivity index (χ3v) is 4.45. The van der Waals surface area contributed by atoms with Crippen molar-refractivity contribution in [2.75, 3.05) is 11.8 Å². The van der Waals surface area contributed by atoms with Crippen molar-refractivity contribution in [3.05, 3.63) is 35.0 Å². The summed E-state index contributed by atoms with van der Waals surface area (Å²) in [7, 11) is -2.28. The van der Waals surface area contributed by atoms with Crippen LogP contribution in [0, 0.1) is 0 Å². The van der Waals surface area contributed by atoms with Gasteiger partial charge < -0.3 is 9.26 Å². The first kappa shape index (κ1) is 12.9. The summed E-state index contributed by atoms with van der Waals surface area (Å²) in [5.41, 5.74) is 0. The molecule has 0 unspecified atom stereocenters. The van der Waals surface area contributed by atoms with Gasteiger partial charge in [-0.05, 0) is 28.1 Å². The van der Waals surface area contributed by atoms with Gasteiger partial charge in [-0.15, -0.1) is 0 Å². The maximum absolute atomic E-state index is 12.1. The molecule has 0 saturated carbocycles. The van der Waals surface area contributed by atoms with Crippen LogP contribution in [0.3, 0.4) is 0 Å². The molecule has 1 aromatic carbocycles. The zero-order valence-electron chi connectivity index (χ0n) is 9.25. The fraction of sp³-hybridized carbons (Fsp3) is 0.100. The van der Waals surface area contributed by atoms with Gasteiger partial charge in [0.1, 0.15) is 16.9 Å². The van der Waals surface area contributed by atoms with Crippen LogP contribution in [-0.4, -0.2) is 20.7 Å². The van der Waals surface area contributed by atoms with E-state index < -0.39 is 10.0 Å². The summed E-state index contributed by atoms with van der Waals surface area (Å²) in [6.07, 6.45) is 1.28. The van der Waals surface area contributed by atoms with Crippen molar-refractivity contribution in [3.63, 3.8) is 0 Å². The van der Waals surface area contributed by atoms with Crippen LogP contribution in [0.2, 0.25) is 0 Å². The van der Waals surface area contributed by atoms with E-state index in [1.54, 1.807) is 12.1 Å². The van der Waals surface area contributed by atoms with Crippen LogP contribution in [0.4, 0.5) is 5.82 Å². The number of ether oxygens (including phenoxy) is 1. The molecule has 1 N–H and O–H groups in total. The van der Waals surface area contributed by atoms with Gasteiger partial charge in [0.25, 0.3) is 10.0 Å². The molecule has 0 saturated heterocycles. The van der Waals surface area contributed by atoms with Crippen molar-refractivity contribution in [3.8, 4) is 5.75 Å². The topological polar surface area (TPSA) is 81.4 Å². The van der Waals surface area contributed by atoms with Crippen molar-refractivity contribution < 1.29 is 17.7 Å². The Hall–Kier alpha value is -1.54. The van der Waals surface area contributed by atoms with E-state index in [0.717, 1.165) is 0 Å². The van der Waals surface area contributed by atoms with Gasteiger partial charge >= 0.3 is 0 Å². The molecule has 6 nitrogen and oxygen atoms in total. The number of rotatable bonds is 4. The number of hydrogen-bond donors (Lipinski definition) is 1. The molecule has 0 fully saturated rings. The summed E-state index contributed by atoms with van der Waals surface area (Å²) in [6, 6.07) is 6.06. The highest BCUT2D eigenvalue weighted by atomic mass is 79.9. The van der Waals surface area contributed by atoms with Crippen molar-refractivity contribution in [2.24, 2.45) is 0 Å². The minimum atomic E-state index is -3.75. The third-order valence-electron chi connectivity index (χ3n) is 2.10. The molecule has 0 radical (unpaired) electrons. The molecular formula is C10H9BrN2O4S. The van der Waals surface area contributed by atoms with Gasteiger partial charge in [-0.2, -0.15) is 0 Å². The number of anilines is 1. The highest BCUT2D eigenvalue weighted by Crippen LogP contribution is 2.27. The van der Waals surface area contributed by atoms with Crippen LogP contribution in [0.25, 0.3) is 0 Å². The van der Waals surface area contributed by atoms with E-state index in [2.05, 4.69) is 30.3 Å². The van der Waals surface area contributed by atoms with Gasteiger partial charge in [0.2, 0.25) is 0 Å². The Bertz CT molecular complexity index is 640. The molecule has 1 aromatic heterocycles. The lowest BCUT2D eigenvalue weighted by Crippen LogP contribution is -2.13. The average molecular weight is 333 g/mol. The Balaban J connectivity index is 2.40. The molecule has 0 atom stereocenters. The van der Waals surface area contributed by atoms with E-state index in [-0.39, 0.29) is 10.7 Å². The molecule has 0 bridgehead atoms. The molecule has 0 amide bonds. The molecule has 8 heteroatoms. The maximum atomic E-state index is 12.1. The lowest BCUT2D eigenvalue weighted by molar-refractivity contribution is 0.413. The Morgan fingerprint density at radius 3 is 2.78 bits per heavy atom. The van der Waals surface area contributed by atoms with E-state index >= 15 is 0 Å². The fourth-order valence-corrected chi connectivity index (χ4v) is 3.25. The number of aromatic nitrogens is 1. The quantitative estimate of drug-likeness (QED) is 0.928. The van der Waals surface area contributed by atoms with Crippen LogP contribution in [0.15, 0.2) is 44.4 Å². The molecule has 18 heavy (non-hydrogen) atoms. The normalized spacial score (nSPS) is 11.2. The third kappa shape index (κ3) is 2.65. The molecule has 0 aliphatic carbocycles. The lowest BCUT2D eigenvalue weighted by atomic mass is 10.3. The smallest absolute Gasteiger partial charge is 0.264 e. The Labute approximate surface area is 112 Å². The number of hydrogen-bond acceptors (Lipinski definition) is 5. The molecule has 1 heterocycles. The molecular weight excluding hydrogens is 324 g/mol. The van der Waals surface area contributed by atoms with Gasteiger partial charge in [0, 0.05) is 16.6 Å². The molecule has 2 rings (SSSR count). The van der Waals surface area contributed by atoms with Gasteiger partial charge in [-0.1, -0.05) is 5.16 Å². The standard InChI is InChI=1S/C10H9BrN2O4S/c1-16-7-2-3-8(11)9(6-7)18(14,15)13-10-4-5-17-12-10/h2-6H,1H3,(H,12,13). The highest BCUT2D eigenvalue weighted by molar-refractivity contribution is 9.10. The minimum Gasteiger partial charge on any atom is -0.497 e. The van der Waals surface area contributed by atoms with Crippen molar-refractivity contribution in [2.45, 2.75) is 4.90 Å². The molecule has 0 aliphatic heterocycles. The van der Waals surface area contributed by atoms with Crippen LogP contribution in [0.1, 0.15) is 0 Å². The van der Waals surface area contributed by atoms with E-state index in [1.165, 1.54) is 25.5 Å². The van der Waals surface area contributed by atoms with Gasteiger partial charge in [-0.3, -0.25) is 4.72 Å². The van der Waals surface area contributed by atoms with Crippen LogP contribution < -0.4 is 9.46 Å². The Morgan fingerprint density at radius 2 is 2.17 bits per heavy atom. The molecule has 0 spiro atoms. The SMILES string of the molecule is COc1ccc(Br)c(S(=O)(=O)Nc2ccon2)c1. The maximum Gasteiger partial charge on any atom is 0.264 e. The molecule has 0 aliphatic rings. The second-order valence-electron chi connectivity index (χ2n) is 3.29. The van der Waals surface area contributed by atoms with E-state index in [0.29, 0.717) is 10.2 Å². The van der Waals surface area contributed by atoms with Gasteiger partial charge in [-0.25, -0.2) is 8.42 Å². The van der Waals surface area contributed by atoms with Crippen molar-refractivity contribution >= 4 is 31.8 Å². The van der Waals surface area contributed by atoms with Crippen molar-refractivity contribution in [1.82, 2.24) is 5.16 Å². The Kier molecular flexibility index (Phi) is 3.58. The number of nitrogens with one attached hydrogen (secondary N) is 1. The number of methoxy groups -OCH3 is 1. The fourth-order valence-electron chi connectivity index (χ4n) is 1.27. The summed E-state index contributed by atoms with van der Waals surface area (Å²) >= 11 is 3.18. The summed E-state index contributed by atoms with van der Waals surface area (Å²) < 4.78 is 36.5. The second kappa shape index (κ2) is 4.99. The van der Waals surface area contributed by atoms with Crippen molar-refractivity contribution in [1.29, 1.82) is 0 Å². The number of halogens is 1. The van der Waals surface area contributed by atoms with Crippen LogP contribution in [0.5, 0.6) is 5.75 Å². The van der Waals surface area contributed by atoms with E-state index in [4.69, 9.17) is 4.74 Å². The average Bonchev–Trinajstić information content (AvgIpc) is 2.81. The predicted octanol–water partition coefficient (Wildman–Crippen LogP) is 2.25. The lowest BCUT2D eigenvalue weighted by Gasteiger charge is -2.08. The predicted molar refractivity (Wildman–Crippen MR) is 68.0 cm³/mol. The summed E-state index contributed by atoms with van der Waals surface area (Å²) in [5, 5.41) is 3.49. The van der Waals surface area contributed by atoms with E-state index in [1.807, 2.05) is 0 Å². The zero-order chi connectivity index (χ0) is 13.2. The number of benzene rings is 1. The molecule has 96 valence electrons. The first-order valence-corrected chi connectivity index (χ1v) is 7.07. The zero-order valence-corrected chi connectivity index (χ0v) is 11.7. The first-order valence-electron chi connectivity index (χ1n) is 4.79. The Morgan fingerprint density at radius 1 is 1.39 bits per heavy atom. The largest absolute Gasteiger partial charge is 0.497 e. The number of sulfonamides is 1. The van der Waals surface area contributed by atoms with E-state index in [9.17, 15) is 8.42 Å². The van der Waals surface area contributed by atoms with Gasteiger partial charge in [0.15, 0.2) is 5.82 Å². The van der Waals surface area contributed by atoms with Crippen LogP contribution >= 0.6 is 15.9 Å².